The van der Waals surface area contributed by atoms with Crippen molar-refractivity contribution in [3.8, 4) is 0 Å². The monoisotopic (exact) mass is 455 g/mol. The van der Waals surface area contributed by atoms with Crippen molar-refractivity contribution in [3.05, 3.63) is 76.3 Å². The number of nitrogens with one attached hydrogen (secondary N) is 1. The number of rotatable bonds is 7. The van der Waals surface area contributed by atoms with Gasteiger partial charge in [-0.05, 0) is 30.7 Å². The van der Waals surface area contributed by atoms with Crippen LogP contribution in [0.1, 0.15) is 11.3 Å². The quantitative estimate of drug-likeness (QED) is 0.334. The Morgan fingerprint density at radius 2 is 1.97 bits per heavy atom. The lowest BCUT2D eigenvalue weighted by Crippen LogP contribution is -2.15. The van der Waals surface area contributed by atoms with Gasteiger partial charge >= 0.3 is 0 Å². The Balaban J connectivity index is 1.34. The van der Waals surface area contributed by atoms with Gasteiger partial charge in [-0.3, -0.25) is 19.3 Å². The summed E-state index contributed by atoms with van der Waals surface area (Å²) >= 11 is 4.20. The summed E-state index contributed by atoms with van der Waals surface area (Å²) in [5.41, 5.74) is 2.16. The van der Waals surface area contributed by atoms with Gasteiger partial charge in [0, 0.05) is 22.9 Å². The Morgan fingerprint density at radius 3 is 2.80 bits per heavy atom. The van der Waals surface area contributed by atoms with E-state index in [4.69, 9.17) is 0 Å². The van der Waals surface area contributed by atoms with Crippen LogP contribution in [0.25, 0.3) is 5.65 Å². The zero-order valence-electron chi connectivity index (χ0n) is 15.9. The highest BCUT2D eigenvalue weighted by molar-refractivity contribution is 8.00. The Bertz CT molecular complexity index is 1240. The van der Waals surface area contributed by atoms with Gasteiger partial charge in [0.2, 0.25) is 11.0 Å². The molecule has 0 fully saturated rings. The van der Waals surface area contributed by atoms with Gasteiger partial charge in [0.15, 0.2) is 4.34 Å². The van der Waals surface area contributed by atoms with Crippen LogP contribution < -0.4 is 10.9 Å². The summed E-state index contributed by atoms with van der Waals surface area (Å²) in [6, 6.07) is 15.0. The molecule has 7 nitrogen and oxygen atoms in total. The summed E-state index contributed by atoms with van der Waals surface area (Å²) < 4.78 is 2.24. The number of thioether (sulfide) groups is 2. The van der Waals surface area contributed by atoms with Crippen LogP contribution in [0.5, 0.6) is 0 Å². The lowest BCUT2D eigenvalue weighted by Gasteiger charge is -2.05. The number of nitrogens with zero attached hydrogens (tertiary/aromatic N) is 4. The molecule has 1 N–H and O–H groups in total. The van der Waals surface area contributed by atoms with Crippen LogP contribution in [0.2, 0.25) is 0 Å². The number of aryl methyl sites for hydroxylation is 1. The number of pyridine rings is 1. The number of benzene rings is 1. The number of hydrogen-bond donors (Lipinski definition) is 1. The first-order chi connectivity index (χ1) is 14.6. The van der Waals surface area contributed by atoms with E-state index in [0.29, 0.717) is 32.3 Å². The topological polar surface area (TPSA) is 89.3 Å². The highest BCUT2D eigenvalue weighted by atomic mass is 32.2. The molecule has 0 aliphatic heterocycles. The molecule has 0 unspecified atom stereocenters. The van der Waals surface area contributed by atoms with E-state index in [0.717, 1.165) is 10.5 Å². The highest BCUT2D eigenvalue weighted by Gasteiger charge is 2.11. The fraction of sp³-hybridized carbons (Fsp3) is 0.150. The zero-order valence-corrected chi connectivity index (χ0v) is 18.4. The molecule has 0 aliphatic carbocycles. The normalized spacial score (nSPS) is 11.0. The minimum atomic E-state index is -0.128. The molecule has 152 valence electrons. The number of carbonyl (C=O) groups is 1. The van der Waals surface area contributed by atoms with E-state index in [9.17, 15) is 9.59 Å². The van der Waals surface area contributed by atoms with Gasteiger partial charge in [0.05, 0.1) is 11.4 Å². The van der Waals surface area contributed by atoms with Crippen molar-refractivity contribution in [1.82, 2.24) is 19.6 Å². The Morgan fingerprint density at radius 1 is 1.13 bits per heavy atom. The molecule has 1 aromatic carbocycles. The minimum Gasteiger partial charge on any atom is -0.300 e. The van der Waals surface area contributed by atoms with Gasteiger partial charge < -0.3 is 0 Å². The maximum absolute atomic E-state index is 12.3. The van der Waals surface area contributed by atoms with Crippen LogP contribution in [0.4, 0.5) is 5.13 Å². The van der Waals surface area contributed by atoms with Crippen molar-refractivity contribution < 1.29 is 4.79 Å². The summed E-state index contributed by atoms with van der Waals surface area (Å²) in [6.45, 7) is 1.93. The van der Waals surface area contributed by atoms with Gasteiger partial charge in [-0.1, -0.05) is 47.4 Å². The largest absolute Gasteiger partial charge is 0.300 e. The smallest absolute Gasteiger partial charge is 0.258 e. The van der Waals surface area contributed by atoms with E-state index >= 15 is 0 Å². The lowest BCUT2D eigenvalue weighted by molar-refractivity contribution is -0.113. The predicted octanol–water partition coefficient (Wildman–Crippen LogP) is 3.88. The first kappa shape index (κ1) is 20.6. The van der Waals surface area contributed by atoms with E-state index < -0.39 is 0 Å². The standard InChI is InChI=1S/C20H17N5O2S3/c1-13-6-5-9-25-17(27)10-14(21-18(13)25)11-29-20-24-23-19(30-20)22-16(26)12-28-15-7-3-2-4-8-15/h2-10H,11-12H2,1H3,(H,22,23,26). The van der Waals surface area contributed by atoms with Gasteiger partial charge in [-0.25, -0.2) is 4.98 Å². The van der Waals surface area contributed by atoms with Gasteiger partial charge in [-0.15, -0.1) is 22.0 Å². The number of aromatic nitrogens is 4. The first-order valence-electron chi connectivity index (χ1n) is 9.00. The molecule has 0 radical (unpaired) electrons. The number of amides is 1. The fourth-order valence-electron chi connectivity index (χ4n) is 2.66. The van der Waals surface area contributed by atoms with Crippen molar-refractivity contribution in [2.75, 3.05) is 11.1 Å². The summed E-state index contributed by atoms with van der Waals surface area (Å²) in [4.78, 5) is 30.0. The van der Waals surface area contributed by atoms with Crippen LogP contribution in [0, 0.1) is 6.92 Å². The Labute approximate surface area is 185 Å². The van der Waals surface area contributed by atoms with E-state index in [1.807, 2.05) is 49.4 Å². The van der Waals surface area contributed by atoms with Crippen molar-refractivity contribution in [1.29, 1.82) is 0 Å². The molecule has 3 aromatic heterocycles. The summed E-state index contributed by atoms with van der Waals surface area (Å²) in [7, 11) is 0. The number of anilines is 1. The van der Waals surface area contributed by atoms with Crippen molar-refractivity contribution >= 4 is 51.5 Å². The lowest BCUT2D eigenvalue weighted by atomic mass is 10.3. The van der Waals surface area contributed by atoms with Crippen molar-refractivity contribution in [2.24, 2.45) is 0 Å². The average molecular weight is 456 g/mol. The number of carbonyl (C=O) groups excluding carboxylic acids is 1. The molecular weight excluding hydrogens is 438 g/mol. The van der Waals surface area contributed by atoms with Gasteiger partial charge in [0.25, 0.3) is 5.56 Å². The average Bonchev–Trinajstić information content (AvgIpc) is 3.19. The van der Waals surface area contributed by atoms with E-state index in [1.54, 1.807) is 6.20 Å². The summed E-state index contributed by atoms with van der Waals surface area (Å²) in [6.07, 6.45) is 1.71. The third-order valence-electron chi connectivity index (χ3n) is 4.05. The van der Waals surface area contributed by atoms with Crippen LogP contribution in [0.3, 0.4) is 0 Å². The molecule has 0 atom stereocenters. The molecule has 0 saturated heterocycles. The SMILES string of the molecule is Cc1cccn2c(=O)cc(CSc3nnc(NC(=O)CSc4ccccc4)s3)nc12. The van der Waals surface area contributed by atoms with E-state index in [1.165, 1.54) is 45.3 Å². The van der Waals surface area contributed by atoms with Gasteiger partial charge in [-0.2, -0.15) is 0 Å². The van der Waals surface area contributed by atoms with Crippen LogP contribution >= 0.6 is 34.9 Å². The maximum Gasteiger partial charge on any atom is 0.258 e. The molecule has 1 amide bonds. The van der Waals surface area contributed by atoms with E-state index in [-0.39, 0.29) is 11.5 Å². The van der Waals surface area contributed by atoms with Crippen LogP contribution in [-0.4, -0.2) is 31.2 Å². The van der Waals surface area contributed by atoms with Crippen molar-refractivity contribution in [3.63, 3.8) is 0 Å². The third kappa shape index (κ3) is 5.07. The number of fused-ring (bicyclic) bond motifs is 1. The Kier molecular flexibility index (Phi) is 6.46. The van der Waals surface area contributed by atoms with Crippen LogP contribution in [0.15, 0.2) is 68.8 Å². The molecule has 3 heterocycles. The van der Waals surface area contributed by atoms with E-state index in [2.05, 4.69) is 20.5 Å². The number of hydrogen-bond acceptors (Lipinski definition) is 8. The second kappa shape index (κ2) is 9.41. The van der Waals surface area contributed by atoms with Gasteiger partial charge in [0.1, 0.15) is 5.65 Å². The minimum absolute atomic E-state index is 0.111. The fourth-order valence-corrected chi connectivity index (χ4v) is 5.04. The van der Waals surface area contributed by atoms with Crippen molar-refractivity contribution in [2.45, 2.75) is 21.9 Å². The summed E-state index contributed by atoms with van der Waals surface area (Å²) in [5.74, 6) is 0.666. The molecule has 0 bridgehead atoms. The third-order valence-corrected chi connectivity index (χ3v) is 7.07. The molecular formula is C20H17N5O2S3. The molecule has 0 saturated carbocycles. The second-order valence-electron chi connectivity index (χ2n) is 6.28. The highest BCUT2D eigenvalue weighted by Crippen LogP contribution is 2.28. The predicted molar refractivity (Wildman–Crippen MR) is 121 cm³/mol. The maximum atomic E-state index is 12.3. The molecule has 4 rings (SSSR count). The Hall–Kier alpha value is -2.69. The molecule has 4 aromatic rings. The van der Waals surface area contributed by atoms with Crippen LogP contribution in [-0.2, 0) is 10.5 Å². The molecule has 10 heteroatoms. The first-order valence-corrected chi connectivity index (χ1v) is 11.8. The molecule has 0 aliphatic rings. The zero-order chi connectivity index (χ0) is 20.9. The summed E-state index contributed by atoms with van der Waals surface area (Å²) in [5, 5.41) is 11.4. The molecule has 0 spiro atoms. The molecule has 30 heavy (non-hydrogen) atoms. The second-order valence-corrected chi connectivity index (χ2v) is 9.53.